The molecule has 0 saturated carbocycles. The molecule has 0 aromatic rings. The second-order valence-electron chi connectivity index (χ2n) is 1.89. The van der Waals surface area contributed by atoms with Gasteiger partial charge in [-0.15, -0.1) is 0 Å². The molecule has 0 aliphatic heterocycles. The van der Waals surface area contributed by atoms with Crippen LogP contribution in [-0.2, 0) is 0 Å². The fraction of sp³-hybridized carbons (Fsp3) is 0.667. The average molecular weight is 142 g/mol. The molecule has 0 heterocycles. The summed E-state index contributed by atoms with van der Waals surface area (Å²) in [7, 11) is 0. The molecule has 0 radical (unpaired) electrons. The molecule has 9 heavy (non-hydrogen) atoms. The predicted octanol–water partition coefficient (Wildman–Crippen LogP) is 1.23. The van der Waals surface area contributed by atoms with Gasteiger partial charge in [0.2, 0.25) is 0 Å². The van der Waals surface area contributed by atoms with Crippen LogP contribution < -0.4 is 5.32 Å². The number of nitrogens with zero attached hydrogens (tertiary/aromatic N) is 1. The molecule has 0 aliphatic carbocycles. The highest BCUT2D eigenvalue weighted by molar-refractivity contribution is 7.80. The van der Waals surface area contributed by atoms with E-state index in [9.17, 15) is 0 Å². The van der Waals surface area contributed by atoms with Crippen LogP contribution >= 0.6 is 12.2 Å². The van der Waals surface area contributed by atoms with Gasteiger partial charge in [0.25, 0.3) is 0 Å². The zero-order chi connectivity index (χ0) is 7.28. The van der Waals surface area contributed by atoms with Gasteiger partial charge in [0.1, 0.15) is 6.07 Å². The molecular formula is C6H10N2S. The van der Waals surface area contributed by atoms with Crippen LogP contribution in [0.4, 0.5) is 0 Å². The second kappa shape index (κ2) is 4.28. The van der Waals surface area contributed by atoms with Crippen molar-refractivity contribution in [1.82, 2.24) is 5.32 Å². The molecular weight excluding hydrogens is 132 g/mol. The van der Waals surface area contributed by atoms with E-state index in [1.54, 1.807) is 0 Å². The Morgan fingerprint density at radius 2 is 2.44 bits per heavy atom. The first-order valence-electron chi connectivity index (χ1n) is 2.91. The van der Waals surface area contributed by atoms with Gasteiger partial charge in [-0.2, -0.15) is 5.26 Å². The van der Waals surface area contributed by atoms with E-state index >= 15 is 0 Å². The number of thiocarbonyl (C=S) groups is 1. The summed E-state index contributed by atoms with van der Waals surface area (Å²) in [6.45, 7) is 4.03. The highest BCUT2D eigenvalue weighted by Crippen LogP contribution is 1.86. The molecule has 0 aliphatic rings. The van der Waals surface area contributed by atoms with E-state index in [4.69, 9.17) is 5.26 Å². The minimum atomic E-state index is 0.282. The largest absolute Gasteiger partial charge is 0.365 e. The zero-order valence-electron chi connectivity index (χ0n) is 5.64. The van der Waals surface area contributed by atoms with Crippen LogP contribution in [0, 0.1) is 11.3 Å². The molecule has 1 N–H and O–H groups in total. The fourth-order valence-corrected chi connectivity index (χ4v) is 0.559. The van der Waals surface area contributed by atoms with Gasteiger partial charge < -0.3 is 5.32 Å². The summed E-state index contributed by atoms with van der Waals surface area (Å²) in [6, 6.07) is 2.17. The Bertz CT molecular complexity index is 136. The Labute approximate surface area is 60.9 Å². The van der Waals surface area contributed by atoms with Crippen LogP contribution in [0.2, 0.25) is 0 Å². The smallest absolute Gasteiger partial charge is 0.178 e. The molecule has 0 spiro atoms. The third kappa shape index (κ3) is 3.92. The zero-order valence-corrected chi connectivity index (χ0v) is 6.46. The van der Waals surface area contributed by atoms with Gasteiger partial charge in [0, 0.05) is 6.04 Å². The standard InChI is InChI=1S/C6H10N2S/c1-3-5(2)8-6(9)4-7/h5H,3H2,1-2H3,(H,8,9). The maximum Gasteiger partial charge on any atom is 0.178 e. The molecule has 0 saturated heterocycles. The molecule has 0 aromatic heterocycles. The summed E-state index contributed by atoms with van der Waals surface area (Å²) < 4.78 is 0. The van der Waals surface area contributed by atoms with E-state index in [0.717, 1.165) is 6.42 Å². The van der Waals surface area contributed by atoms with Crippen LogP contribution in [0.15, 0.2) is 0 Å². The normalized spacial score (nSPS) is 11.7. The summed E-state index contributed by atoms with van der Waals surface area (Å²) in [5.41, 5.74) is 0. The van der Waals surface area contributed by atoms with Crippen molar-refractivity contribution >= 4 is 17.2 Å². The predicted molar refractivity (Wildman–Crippen MR) is 41.1 cm³/mol. The third-order valence-electron chi connectivity index (χ3n) is 1.09. The third-order valence-corrected chi connectivity index (χ3v) is 1.30. The topological polar surface area (TPSA) is 35.8 Å². The lowest BCUT2D eigenvalue weighted by Gasteiger charge is -2.07. The summed E-state index contributed by atoms with van der Waals surface area (Å²) in [5.74, 6) is 0. The second-order valence-corrected chi connectivity index (χ2v) is 2.30. The lowest BCUT2D eigenvalue weighted by atomic mass is 10.3. The van der Waals surface area contributed by atoms with E-state index in [1.807, 2.05) is 19.9 Å². The molecule has 1 atom stereocenters. The van der Waals surface area contributed by atoms with Crippen molar-refractivity contribution in [2.75, 3.05) is 0 Å². The highest BCUT2D eigenvalue weighted by Gasteiger charge is 1.97. The molecule has 1 unspecified atom stereocenters. The van der Waals surface area contributed by atoms with Crippen LogP contribution in [-0.4, -0.2) is 11.0 Å². The quantitative estimate of drug-likeness (QED) is 0.589. The highest BCUT2D eigenvalue weighted by atomic mass is 32.1. The van der Waals surface area contributed by atoms with Crippen molar-refractivity contribution in [3.8, 4) is 6.07 Å². The summed E-state index contributed by atoms with van der Waals surface area (Å²) in [4.78, 5) is 0.282. The van der Waals surface area contributed by atoms with Crippen molar-refractivity contribution in [3.63, 3.8) is 0 Å². The number of hydrogen-bond acceptors (Lipinski definition) is 2. The lowest BCUT2D eigenvalue weighted by Crippen LogP contribution is -2.29. The van der Waals surface area contributed by atoms with E-state index < -0.39 is 0 Å². The summed E-state index contributed by atoms with van der Waals surface area (Å²) in [6.07, 6.45) is 0.988. The number of nitriles is 1. The SMILES string of the molecule is CCC(C)NC(=S)C#N. The molecule has 0 rings (SSSR count). The Morgan fingerprint density at radius 3 is 2.78 bits per heavy atom. The van der Waals surface area contributed by atoms with Crippen molar-refractivity contribution in [2.45, 2.75) is 26.3 Å². The van der Waals surface area contributed by atoms with Crippen molar-refractivity contribution in [1.29, 1.82) is 5.26 Å². The average Bonchev–Trinajstić information content (AvgIpc) is 1.87. The van der Waals surface area contributed by atoms with E-state index in [0.29, 0.717) is 6.04 Å². The van der Waals surface area contributed by atoms with Crippen molar-refractivity contribution in [2.24, 2.45) is 0 Å². The fourth-order valence-electron chi connectivity index (χ4n) is 0.358. The Balaban J connectivity index is 3.50. The van der Waals surface area contributed by atoms with Crippen molar-refractivity contribution in [3.05, 3.63) is 0 Å². The van der Waals surface area contributed by atoms with Gasteiger partial charge in [-0.1, -0.05) is 6.92 Å². The Kier molecular flexibility index (Phi) is 3.98. The molecule has 0 amide bonds. The summed E-state index contributed by atoms with van der Waals surface area (Å²) in [5, 5.41) is 11.1. The van der Waals surface area contributed by atoms with Gasteiger partial charge in [-0.05, 0) is 25.6 Å². The van der Waals surface area contributed by atoms with Gasteiger partial charge >= 0.3 is 0 Å². The van der Waals surface area contributed by atoms with Crippen LogP contribution in [0.25, 0.3) is 0 Å². The maximum absolute atomic E-state index is 8.23. The Morgan fingerprint density at radius 1 is 1.89 bits per heavy atom. The van der Waals surface area contributed by atoms with Crippen LogP contribution in [0.5, 0.6) is 0 Å². The first kappa shape index (κ1) is 8.38. The van der Waals surface area contributed by atoms with E-state index in [1.165, 1.54) is 0 Å². The maximum atomic E-state index is 8.23. The molecule has 0 fully saturated rings. The van der Waals surface area contributed by atoms with Crippen LogP contribution in [0.1, 0.15) is 20.3 Å². The molecule has 0 aromatic carbocycles. The van der Waals surface area contributed by atoms with E-state index in [-0.39, 0.29) is 4.99 Å². The molecule has 3 heteroatoms. The molecule has 50 valence electrons. The van der Waals surface area contributed by atoms with Gasteiger partial charge in [0.05, 0.1) is 0 Å². The Hall–Kier alpha value is -0.620. The van der Waals surface area contributed by atoms with Crippen molar-refractivity contribution < 1.29 is 0 Å². The number of nitrogens with one attached hydrogen (secondary N) is 1. The first-order valence-corrected chi connectivity index (χ1v) is 3.32. The lowest BCUT2D eigenvalue weighted by molar-refractivity contribution is 0.648. The van der Waals surface area contributed by atoms with E-state index in [2.05, 4.69) is 17.5 Å². The minimum Gasteiger partial charge on any atom is -0.365 e. The number of hydrogen-bond donors (Lipinski definition) is 1. The molecule has 2 nitrogen and oxygen atoms in total. The van der Waals surface area contributed by atoms with Gasteiger partial charge in [0.15, 0.2) is 4.99 Å². The van der Waals surface area contributed by atoms with Gasteiger partial charge in [-0.3, -0.25) is 0 Å². The number of rotatable bonds is 2. The minimum absolute atomic E-state index is 0.282. The molecule has 0 bridgehead atoms. The monoisotopic (exact) mass is 142 g/mol. The first-order chi connectivity index (χ1) is 4.20. The van der Waals surface area contributed by atoms with Crippen LogP contribution in [0.3, 0.4) is 0 Å². The summed E-state index contributed by atoms with van der Waals surface area (Å²) >= 11 is 4.63. The van der Waals surface area contributed by atoms with Gasteiger partial charge in [-0.25, -0.2) is 0 Å².